The minimum Gasteiger partial charge on any atom is -0.228 e. The molecule has 0 spiro atoms. The molecule has 0 saturated carbocycles. The Morgan fingerprint density at radius 3 is 2.44 bits per heavy atom. The summed E-state index contributed by atoms with van der Waals surface area (Å²) < 4.78 is 0. The molecule has 16 heavy (non-hydrogen) atoms. The average Bonchev–Trinajstić information content (AvgIpc) is 2.38. The van der Waals surface area contributed by atoms with E-state index in [1.54, 1.807) is 0 Å². The largest absolute Gasteiger partial charge is 0.228 e. The molecule has 0 amide bonds. The maximum absolute atomic E-state index is 4.56. The second kappa shape index (κ2) is 5.36. The summed E-state index contributed by atoms with van der Waals surface area (Å²) in [6.45, 7) is 0.601. The van der Waals surface area contributed by atoms with E-state index in [0.717, 1.165) is 5.56 Å². The van der Waals surface area contributed by atoms with Crippen LogP contribution in [-0.2, 0) is 6.54 Å². The van der Waals surface area contributed by atoms with Crippen molar-refractivity contribution in [2.75, 3.05) is 0 Å². The quantitative estimate of drug-likeness (QED) is 0.569. The smallest absolute Gasteiger partial charge is 0.0743 e. The molecule has 2 rings (SSSR count). The molecule has 2 aromatic carbocycles. The van der Waals surface area contributed by atoms with Gasteiger partial charge in [-0.15, -0.1) is 0 Å². The molecular weight excluding hydrogens is 214 g/mol. The van der Waals surface area contributed by atoms with Gasteiger partial charge in [-0.3, -0.25) is 0 Å². The lowest BCUT2D eigenvalue weighted by atomic mass is 10.0. The first-order chi connectivity index (χ1) is 7.90. The van der Waals surface area contributed by atoms with Gasteiger partial charge in [-0.25, -0.2) is 4.99 Å². The maximum Gasteiger partial charge on any atom is 0.0743 e. The number of isothiocyanates is 1. The number of rotatable bonds is 3. The standard InChI is InChI=1S/C14H11NS/c16-11-15-10-12-5-4-8-14(9-12)13-6-2-1-3-7-13/h1-9H,10H2. The third-order valence-corrected chi connectivity index (χ3v) is 2.49. The van der Waals surface area contributed by atoms with Crippen molar-refractivity contribution in [3.63, 3.8) is 0 Å². The molecule has 0 fully saturated rings. The fourth-order valence-corrected chi connectivity index (χ4v) is 1.67. The van der Waals surface area contributed by atoms with Gasteiger partial charge in [0.25, 0.3) is 0 Å². The van der Waals surface area contributed by atoms with Crippen LogP contribution in [0.1, 0.15) is 5.56 Å². The van der Waals surface area contributed by atoms with E-state index in [2.05, 4.69) is 46.6 Å². The molecule has 2 heteroatoms. The first-order valence-corrected chi connectivity index (χ1v) is 5.49. The van der Waals surface area contributed by atoms with Crippen LogP contribution in [0.15, 0.2) is 59.6 Å². The summed E-state index contributed by atoms with van der Waals surface area (Å²) in [5, 5.41) is 2.38. The van der Waals surface area contributed by atoms with Crippen LogP contribution >= 0.6 is 12.2 Å². The van der Waals surface area contributed by atoms with Crippen LogP contribution in [0, 0.1) is 0 Å². The van der Waals surface area contributed by atoms with Gasteiger partial charge in [-0.2, -0.15) is 0 Å². The molecular formula is C14H11NS. The summed E-state index contributed by atoms with van der Waals surface area (Å²) in [7, 11) is 0. The van der Waals surface area contributed by atoms with E-state index < -0.39 is 0 Å². The fraction of sp³-hybridized carbons (Fsp3) is 0.0714. The summed E-state index contributed by atoms with van der Waals surface area (Å²) in [6.07, 6.45) is 0. The van der Waals surface area contributed by atoms with E-state index >= 15 is 0 Å². The Morgan fingerprint density at radius 1 is 0.938 bits per heavy atom. The van der Waals surface area contributed by atoms with Gasteiger partial charge in [0.1, 0.15) is 0 Å². The Morgan fingerprint density at radius 2 is 1.69 bits per heavy atom. The van der Waals surface area contributed by atoms with Crippen molar-refractivity contribution < 1.29 is 0 Å². The average molecular weight is 225 g/mol. The zero-order chi connectivity index (χ0) is 11.2. The zero-order valence-corrected chi connectivity index (χ0v) is 9.58. The van der Waals surface area contributed by atoms with E-state index in [9.17, 15) is 0 Å². The van der Waals surface area contributed by atoms with Crippen LogP contribution in [0.2, 0.25) is 0 Å². The first kappa shape index (κ1) is 10.7. The number of hydrogen-bond acceptors (Lipinski definition) is 2. The van der Waals surface area contributed by atoms with Crippen molar-refractivity contribution in [1.82, 2.24) is 0 Å². The van der Waals surface area contributed by atoms with Gasteiger partial charge in [-0.1, -0.05) is 48.5 Å². The normalized spacial score (nSPS) is 9.50. The predicted octanol–water partition coefficient (Wildman–Crippen LogP) is 3.96. The van der Waals surface area contributed by atoms with E-state index in [1.807, 2.05) is 30.3 Å². The number of aliphatic imine (C=N–C) groups is 1. The van der Waals surface area contributed by atoms with Crippen molar-refractivity contribution in [3.8, 4) is 11.1 Å². The SMILES string of the molecule is S=C=NCc1cccc(-c2ccccc2)c1. The summed E-state index contributed by atoms with van der Waals surface area (Å²) in [5.74, 6) is 0. The molecule has 0 atom stereocenters. The molecule has 0 saturated heterocycles. The molecule has 0 unspecified atom stereocenters. The Labute approximate surface area is 100 Å². The minimum absolute atomic E-state index is 0.601. The minimum atomic E-state index is 0.601. The molecule has 0 heterocycles. The van der Waals surface area contributed by atoms with Crippen molar-refractivity contribution >= 4 is 17.4 Å². The third-order valence-electron chi connectivity index (χ3n) is 2.36. The highest BCUT2D eigenvalue weighted by Crippen LogP contribution is 2.20. The molecule has 0 aliphatic carbocycles. The summed E-state index contributed by atoms with van der Waals surface area (Å²) in [6, 6.07) is 18.6. The lowest BCUT2D eigenvalue weighted by Crippen LogP contribution is -1.83. The van der Waals surface area contributed by atoms with Crippen molar-refractivity contribution in [2.24, 2.45) is 4.99 Å². The topological polar surface area (TPSA) is 12.4 Å². The summed E-state index contributed by atoms with van der Waals surface area (Å²) in [4.78, 5) is 3.94. The molecule has 1 nitrogen and oxygen atoms in total. The number of benzene rings is 2. The second-order valence-corrected chi connectivity index (χ2v) is 3.66. The van der Waals surface area contributed by atoms with E-state index in [-0.39, 0.29) is 0 Å². The van der Waals surface area contributed by atoms with E-state index in [0.29, 0.717) is 6.54 Å². The van der Waals surface area contributed by atoms with Gasteiger partial charge >= 0.3 is 0 Å². The highest BCUT2D eigenvalue weighted by atomic mass is 32.1. The van der Waals surface area contributed by atoms with Crippen LogP contribution in [0.4, 0.5) is 0 Å². The third kappa shape index (κ3) is 2.63. The molecule has 0 aliphatic rings. The summed E-state index contributed by atoms with van der Waals surface area (Å²) >= 11 is 4.56. The van der Waals surface area contributed by atoms with Gasteiger partial charge in [-0.05, 0) is 35.0 Å². The first-order valence-electron chi connectivity index (χ1n) is 5.08. The molecule has 0 aromatic heterocycles. The Balaban J connectivity index is 2.32. The molecule has 0 bridgehead atoms. The second-order valence-electron chi connectivity index (χ2n) is 3.47. The summed E-state index contributed by atoms with van der Waals surface area (Å²) in [5.41, 5.74) is 3.58. The molecule has 2 aromatic rings. The van der Waals surface area contributed by atoms with Crippen molar-refractivity contribution in [1.29, 1.82) is 0 Å². The van der Waals surface area contributed by atoms with Gasteiger partial charge < -0.3 is 0 Å². The predicted molar refractivity (Wildman–Crippen MR) is 70.6 cm³/mol. The van der Waals surface area contributed by atoms with Crippen LogP contribution in [-0.4, -0.2) is 5.16 Å². The lowest BCUT2D eigenvalue weighted by Gasteiger charge is -2.03. The number of thiocarbonyl (C=S) groups is 1. The Hall–Kier alpha value is -1.76. The van der Waals surface area contributed by atoms with Crippen molar-refractivity contribution in [3.05, 3.63) is 60.2 Å². The van der Waals surface area contributed by atoms with Crippen LogP contribution in [0.25, 0.3) is 11.1 Å². The number of nitrogens with zero attached hydrogens (tertiary/aromatic N) is 1. The Kier molecular flexibility index (Phi) is 3.60. The fourth-order valence-electron chi connectivity index (χ4n) is 1.60. The van der Waals surface area contributed by atoms with Crippen LogP contribution in [0.5, 0.6) is 0 Å². The zero-order valence-electron chi connectivity index (χ0n) is 8.76. The van der Waals surface area contributed by atoms with Crippen molar-refractivity contribution in [2.45, 2.75) is 6.54 Å². The lowest BCUT2D eigenvalue weighted by molar-refractivity contribution is 1.08. The van der Waals surface area contributed by atoms with Gasteiger partial charge in [0, 0.05) is 0 Å². The van der Waals surface area contributed by atoms with Gasteiger partial charge in [0.15, 0.2) is 0 Å². The molecule has 0 N–H and O–H groups in total. The molecule has 0 aliphatic heterocycles. The monoisotopic (exact) mass is 225 g/mol. The van der Waals surface area contributed by atoms with Gasteiger partial charge in [0.2, 0.25) is 0 Å². The van der Waals surface area contributed by atoms with Crippen LogP contribution < -0.4 is 0 Å². The molecule has 0 radical (unpaired) electrons. The molecule has 78 valence electrons. The van der Waals surface area contributed by atoms with E-state index in [4.69, 9.17) is 0 Å². The number of hydrogen-bond donors (Lipinski definition) is 0. The van der Waals surface area contributed by atoms with E-state index in [1.165, 1.54) is 11.1 Å². The maximum atomic E-state index is 4.56. The Bertz CT molecular complexity index is 513. The highest BCUT2D eigenvalue weighted by molar-refractivity contribution is 7.78. The van der Waals surface area contributed by atoms with Gasteiger partial charge in [0.05, 0.1) is 11.7 Å². The highest BCUT2D eigenvalue weighted by Gasteiger charge is 1.97. The van der Waals surface area contributed by atoms with Crippen LogP contribution in [0.3, 0.4) is 0 Å².